The first-order valence-electron chi connectivity index (χ1n) is 5.59. The number of likely N-dealkylation sites (N-methyl/N-ethyl adjacent to an activating group) is 1. The van der Waals surface area contributed by atoms with E-state index in [-0.39, 0.29) is 0 Å². The van der Waals surface area contributed by atoms with E-state index in [0.717, 1.165) is 0 Å². The van der Waals surface area contributed by atoms with Gasteiger partial charge >= 0.3 is 11.1 Å². The number of hydrogen-bond acceptors (Lipinski definition) is 6. The summed E-state index contributed by atoms with van der Waals surface area (Å²) in [7, 11) is 3.24. The predicted molar refractivity (Wildman–Crippen MR) is 72.1 cm³/mol. The van der Waals surface area contributed by atoms with Crippen LogP contribution in [0.15, 0.2) is 14.7 Å². The molecule has 0 bridgehead atoms. The molecule has 1 heterocycles. The molecule has 4 N–H and O–H groups in total. The first-order chi connectivity index (χ1) is 8.80. The quantitative estimate of drug-likeness (QED) is 0.428. The van der Waals surface area contributed by atoms with Crippen molar-refractivity contribution in [3.63, 3.8) is 0 Å². The standard InChI is InChI=1S/C10H17N5O3S/c1-10(12-2,8(11)18)4-5-19-9-13-6(16)7(17)14-15(9)3/h12H,4-5H2,1-3H3,(H2,11,18)(H,14,17). The van der Waals surface area contributed by atoms with E-state index < -0.39 is 22.6 Å². The number of carbonyl (C=O) groups excluding carboxylic acids is 1. The molecule has 1 unspecified atom stereocenters. The lowest BCUT2D eigenvalue weighted by Crippen LogP contribution is -2.51. The molecule has 0 fully saturated rings. The van der Waals surface area contributed by atoms with Gasteiger partial charge in [0, 0.05) is 12.8 Å². The summed E-state index contributed by atoms with van der Waals surface area (Å²) >= 11 is 1.26. The van der Waals surface area contributed by atoms with Gasteiger partial charge in [0.2, 0.25) is 5.91 Å². The SMILES string of the molecule is CNC(C)(CCSc1nc(=O)c(=O)[nH]n1C)C(N)=O. The summed E-state index contributed by atoms with van der Waals surface area (Å²) < 4.78 is 1.37. The number of nitrogens with zero attached hydrogens (tertiary/aromatic N) is 2. The van der Waals surface area contributed by atoms with E-state index in [1.807, 2.05) is 0 Å². The van der Waals surface area contributed by atoms with Crippen molar-refractivity contribution in [1.29, 1.82) is 0 Å². The monoisotopic (exact) mass is 287 g/mol. The van der Waals surface area contributed by atoms with Crippen molar-refractivity contribution in [3.05, 3.63) is 20.7 Å². The van der Waals surface area contributed by atoms with Gasteiger partial charge in [0.25, 0.3) is 0 Å². The molecule has 0 spiro atoms. The first-order valence-corrected chi connectivity index (χ1v) is 6.57. The van der Waals surface area contributed by atoms with Gasteiger partial charge in [0.15, 0.2) is 5.16 Å². The second kappa shape index (κ2) is 6.02. The van der Waals surface area contributed by atoms with Crippen molar-refractivity contribution in [2.75, 3.05) is 12.8 Å². The highest BCUT2D eigenvalue weighted by Crippen LogP contribution is 2.18. The Labute approximate surface area is 113 Å². The zero-order valence-electron chi connectivity index (χ0n) is 11.0. The Kier molecular flexibility index (Phi) is 4.90. The van der Waals surface area contributed by atoms with Gasteiger partial charge in [-0.25, -0.2) is 0 Å². The van der Waals surface area contributed by atoms with E-state index >= 15 is 0 Å². The van der Waals surface area contributed by atoms with Crippen LogP contribution in [-0.4, -0.2) is 39.0 Å². The summed E-state index contributed by atoms with van der Waals surface area (Å²) in [5, 5.41) is 5.60. The number of primary amides is 1. The van der Waals surface area contributed by atoms with Crippen molar-refractivity contribution < 1.29 is 4.79 Å². The fourth-order valence-corrected chi connectivity index (χ4v) is 2.39. The smallest absolute Gasteiger partial charge is 0.339 e. The Balaban J connectivity index is 2.73. The fourth-order valence-electron chi connectivity index (χ4n) is 1.31. The molecule has 0 aliphatic rings. The van der Waals surface area contributed by atoms with E-state index in [2.05, 4.69) is 15.4 Å². The maximum absolute atomic E-state index is 11.3. The van der Waals surface area contributed by atoms with Crippen LogP contribution in [0.2, 0.25) is 0 Å². The molecule has 1 atom stereocenters. The highest BCUT2D eigenvalue weighted by Gasteiger charge is 2.28. The zero-order valence-corrected chi connectivity index (χ0v) is 11.8. The average molecular weight is 287 g/mol. The number of carbonyl (C=O) groups is 1. The average Bonchev–Trinajstić information content (AvgIpc) is 2.35. The van der Waals surface area contributed by atoms with Crippen molar-refractivity contribution in [2.45, 2.75) is 24.0 Å². The number of rotatable bonds is 6. The molecule has 1 rings (SSSR count). The van der Waals surface area contributed by atoms with Gasteiger partial charge < -0.3 is 11.1 Å². The molecule has 1 amide bonds. The Bertz CT molecular complexity index is 581. The molecule has 0 aliphatic carbocycles. The normalized spacial score (nSPS) is 14.1. The van der Waals surface area contributed by atoms with Crippen LogP contribution < -0.4 is 22.2 Å². The summed E-state index contributed by atoms with van der Waals surface area (Å²) in [6.07, 6.45) is 0.471. The van der Waals surface area contributed by atoms with Gasteiger partial charge in [-0.1, -0.05) is 11.8 Å². The fraction of sp³-hybridized carbons (Fsp3) is 0.600. The number of nitrogens with one attached hydrogen (secondary N) is 2. The number of aromatic nitrogens is 3. The summed E-state index contributed by atoms with van der Waals surface area (Å²) in [5.74, 6) is 0.0750. The molecule has 9 heteroatoms. The van der Waals surface area contributed by atoms with Gasteiger partial charge in [-0.05, 0) is 20.4 Å². The van der Waals surface area contributed by atoms with Crippen LogP contribution in [0.1, 0.15) is 13.3 Å². The lowest BCUT2D eigenvalue weighted by atomic mass is 9.99. The van der Waals surface area contributed by atoms with E-state index in [9.17, 15) is 14.4 Å². The molecule has 0 radical (unpaired) electrons. The van der Waals surface area contributed by atoms with E-state index in [1.165, 1.54) is 16.4 Å². The van der Waals surface area contributed by atoms with Crippen LogP contribution in [-0.2, 0) is 11.8 Å². The van der Waals surface area contributed by atoms with Crippen LogP contribution in [0.3, 0.4) is 0 Å². The number of aromatic amines is 1. The van der Waals surface area contributed by atoms with E-state index in [1.54, 1.807) is 21.0 Å². The minimum atomic E-state index is -0.827. The van der Waals surface area contributed by atoms with Crippen molar-refractivity contribution in [1.82, 2.24) is 20.1 Å². The number of hydrogen-bond donors (Lipinski definition) is 3. The van der Waals surface area contributed by atoms with E-state index in [0.29, 0.717) is 17.3 Å². The summed E-state index contributed by atoms with van der Waals surface area (Å²) in [4.78, 5) is 37.1. The Morgan fingerprint density at radius 2 is 2.21 bits per heavy atom. The predicted octanol–water partition coefficient (Wildman–Crippen LogP) is -1.59. The molecule has 0 saturated carbocycles. The third-order valence-electron chi connectivity index (χ3n) is 2.88. The summed E-state index contributed by atoms with van der Waals surface area (Å²) in [6.45, 7) is 1.70. The molecule has 8 nitrogen and oxygen atoms in total. The lowest BCUT2D eigenvalue weighted by molar-refractivity contribution is -0.123. The van der Waals surface area contributed by atoms with E-state index in [4.69, 9.17) is 5.73 Å². The van der Waals surface area contributed by atoms with Crippen LogP contribution in [0, 0.1) is 0 Å². The molecular weight excluding hydrogens is 270 g/mol. The second-order valence-electron chi connectivity index (χ2n) is 4.24. The highest BCUT2D eigenvalue weighted by atomic mass is 32.2. The largest absolute Gasteiger partial charge is 0.368 e. The third-order valence-corrected chi connectivity index (χ3v) is 3.91. The minimum absolute atomic E-state index is 0.382. The van der Waals surface area contributed by atoms with Gasteiger partial charge in [0.05, 0.1) is 5.54 Å². The highest BCUT2D eigenvalue weighted by molar-refractivity contribution is 7.99. The number of nitrogens with two attached hydrogens (primary N) is 1. The van der Waals surface area contributed by atoms with Crippen molar-refractivity contribution in [2.24, 2.45) is 12.8 Å². The lowest BCUT2D eigenvalue weighted by Gasteiger charge is -2.24. The second-order valence-corrected chi connectivity index (χ2v) is 5.31. The maximum Gasteiger partial charge on any atom is 0.339 e. The summed E-state index contributed by atoms with van der Waals surface area (Å²) in [5.41, 5.74) is 2.91. The van der Waals surface area contributed by atoms with Crippen LogP contribution in [0.4, 0.5) is 0 Å². The molecule has 19 heavy (non-hydrogen) atoms. The number of thioether (sulfide) groups is 1. The van der Waals surface area contributed by atoms with Gasteiger partial charge in [0.1, 0.15) is 0 Å². The first kappa shape index (κ1) is 15.4. The van der Waals surface area contributed by atoms with Crippen LogP contribution >= 0.6 is 11.8 Å². The maximum atomic E-state index is 11.3. The van der Waals surface area contributed by atoms with Crippen LogP contribution in [0.5, 0.6) is 0 Å². The number of aryl methyl sites for hydroxylation is 1. The van der Waals surface area contributed by atoms with Gasteiger partial charge in [-0.3, -0.25) is 24.2 Å². The molecular formula is C10H17N5O3S. The van der Waals surface area contributed by atoms with Crippen LogP contribution in [0.25, 0.3) is 0 Å². The molecule has 1 aromatic rings. The minimum Gasteiger partial charge on any atom is -0.368 e. The Morgan fingerprint density at radius 1 is 1.58 bits per heavy atom. The van der Waals surface area contributed by atoms with Gasteiger partial charge in [-0.15, -0.1) is 0 Å². The molecule has 0 aromatic carbocycles. The van der Waals surface area contributed by atoms with Gasteiger partial charge in [-0.2, -0.15) is 4.98 Å². The van der Waals surface area contributed by atoms with Crippen molar-refractivity contribution >= 4 is 17.7 Å². The zero-order chi connectivity index (χ0) is 14.6. The topological polar surface area (TPSA) is 123 Å². The number of H-pyrrole nitrogens is 1. The third kappa shape index (κ3) is 3.67. The Hall–Kier alpha value is -1.61. The molecule has 1 aromatic heterocycles. The number of amides is 1. The summed E-state index contributed by atoms with van der Waals surface area (Å²) in [6, 6.07) is 0. The molecule has 0 saturated heterocycles. The molecule has 106 valence electrons. The Morgan fingerprint density at radius 3 is 2.74 bits per heavy atom. The van der Waals surface area contributed by atoms with Crippen molar-refractivity contribution in [3.8, 4) is 0 Å². The molecule has 0 aliphatic heterocycles.